The van der Waals surface area contributed by atoms with E-state index < -0.39 is 0 Å². The van der Waals surface area contributed by atoms with Crippen molar-refractivity contribution >= 4 is 29.2 Å². The van der Waals surface area contributed by atoms with E-state index in [1.807, 2.05) is 66.7 Å². The highest BCUT2D eigenvalue weighted by atomic mass is 32.2. The van der Waals surface area contributed by atoms with Gasteiger partial charge in [-0.15, -0.1) is 0 Å². The molecular formula is C22H13NO2S2. The van der Waals surface area contributed by atoms with Crippen molar-refractivity contribution in [2.75, 3.05) is 0 Å². The molecule has 0 atom stereocenters. The molecule has 0 aliphatic carbocycles. The van der Waals surface area contributed by atoms with Gasteiger partial charge in [0.2, 0.25) is 0 Å². The maximum absolute atomic E-state index is 11.4. The maximum atomic E-state index is 11.4. The van der Waals surface area contributed by atoms with E-state index in [4.69, 9.17) is 0 Å². The monoisotopic (exact) mass is 387 g/mol. The van der Waals surface area contributed by atoms with Crippen LogP contribution in [0.3, 0.4) is 0 Å². The molecule has 0 fully saturated rings. The van der Waals surface area contributed by atoms with E-state index in [1.54, 1.807) is 6.07 Å². The molecule has 0 radical (unpaired) electrons. The third kappa shape index (κ3) is 5.69. The van der Waals surface area contributed by atoms with Crippen molar-refractivity contribution < 1.29 is 4.92 Å². The van der Waals surface area contributed by atoms with Crippen LogP contribution in [-0.4, -0.2) is 4.92 Å². The van der Waals surface area contributed by atoms with Crippen molar-refractivity contribution in [2.45, 2.75) is 9.79 Å². The second kappa shape index (κ2) is 9.54. The van der Waals surface area contributed by atoms with Crippen molar-refractivity contribution in [2.24, 2.45) is 0 Å². The number of hydrogen-bond donors (Lipinski definition) is 0. The average Bonchev–Trinajstić information content (AvgIpc) is 2.70. The van der Waals surface area contributed by atoms with Crippen LogP contribution in [0, 0.1) is 32.5 Å². The molecular weight excluding hydrogens is 374 g/mol. The Balaban J connectivity index is 1.74. The summed E-state index contributed by atoms with van der Waals surface area (Å²) in [6, 6.07) is 24.2. The number of nitro benzene ring substituents is 1. The summed E-state index contributed by atoms with van der Waals surface area (Å²) in [6.07, 6.45) is 0. The minimum atomic E-state index is -0.388. The van der Waals surface area contributed by atoms with Crippen LogP contribution in [0.25, 0.3) is 0 Å². The van der Waals surface area contributed by atoms with Crippen LogP contribution in [0.4, 0.5) is 5.69 Å². The molecule has 0 saturated carbocycles. The summed E-state index contributed by atoms with van der Waals surface area (Å²) >= 11 is 2.42. The lowest BCUT2D eigenvalue weighted by molar-refractivity contribution is -0.387. The second-order valence-corrected chi connectivity index (χ2v) is 7.00. The molecule has 3 aromatic carbocycles. The SMILES string of the molecule is O=[N+]([O-])c1cc(SC#Cc2ccccc2)ccc1SC#Cc1ccccc1. The lowest BCUT2D eigenvalue weighted by Crippen LogP contribution is -1.90. The Morgan fingerprint density at radius 3 is 1.85 bits per heavy atom. The number of nitrogens with zero attached hydrogens (tertiary/aromatic N) is 1. The summed E-state index contributed by atoms with van der Waals surface area (Å²) in [6.45, 7) is 0. The van der Waals surface area contributed by atoms with Gasteiger partial charge in [-0.1, -0.05) is 48.2 Å². The third-order valence-corrected chi connectivity index (χ3v) is 4.86. The summed E-state index contributed by atoms with van der Waals surface area (Å²) < 4.78 is 0. The van der Waals surface area contributed by atoms with Crippen LogP contribution in [0.1, 0.15) is 11.1 Å². The molecule has 0 aliphatic rings. The van der Waals surface area contributed by atoms with E-state index in [2.05, 4.69) is 22.3 Å². The third-order valence-electron chi connectivity index (χ3n) is 3.40. The van der Waals surface area contributed by atoms with Gasteiger partial charge in [0, 0.05) is 22.1 Å². The zero-order valence-corrected chi connectivity index (χ0v) is 15.7. The first-order valence-electron chi connectivity index (χ1n) is 7.96. The minimum Gasteiger partial charge on any atom is -0.258 e. The predicted molar refractivity (Wildman–Crippen MR) is 111 cm³/mol. The maximum Gasteiger partial charge on any atom is 0.285 e. The van der Waals surface area contributed by atoms with Crippen LogP contribution in [0.15, 0.2) is 88.7 Å². The van der Waals surface area contributed by atoms with Crippen LogP contribution in [-0.2, 0) is 0 Å². The Kier molecular flexibility index (Phi) is 6.60. The quantitative estimate of drug-likeness (QED) is 0.247. The number of rotatable bonds is 3. The Hall–Kier alpha value is -3.12. The Morgan fingerprint density at radius 2 is 1.30 bits per heavy atom. The van der Waals surface area contributed by atoms with E-state index in [-0.39, 0.29) is 10.6 Å². The Bertz CT molecular complexity index is 1060. The van der Waals surface area contributed by atoms with Gasteiger partial charge in [0.15, 0.2) is 0 Å². The molecule has 3 nitrogen and oxygen atoms in total. The first-order valence-corrected chi connectivity index (χ1v) is 9.60. The molecule has 27 heavy (non-hydrogen) atoms. The van der Waals surface area contributed by atoms with Crippen molar-refractivity contribution in [3.05, 3.63) is 100 Å². The molecule has 0 N–H and O–H groups in total. The van der Waals surface area contributed by atoms with Gasteiger partial charge in [-0.25, -0.2) is 0 Å². The van der Waals surface area contributed by atoms with Gasteiger partial charge < -0.3 is 0 Å². The molecule has 0 amide bonds. The van der Waals surface area contributed by atoms with Crippen LogP contribution >= 0.6 is 23.5 Å². The van der Waals surface area contributed by atoms with Gasteiger partial charge in [0.1, 0.15) is 0 Å². The summed E-state index contributed by atoms with van der Waals surface area (Å²) in [5.41, 5.74) is 1.81. The molecule has 0 unspecified atom stereocenters. The summed E-state index contributed by atoms with van der Waals surface area (Å²) in [4.78, 5) is 12.3. The van der Waals surface area contributed by atoms with Crippen LogP contribution in [0.2, 0.25) is 0 Å². The van der Waals surface area contributed by atoms with Gasteiger partial charge in [0.25, 0.3) is 5.69 Å². The summed E-state index contributed by atoms with van der Waals surface area (Å²) in [7, 11) is 0. The summed E-state index contributed by atoms with van der Waals surface area (Å²) in [5, 5.41) is 17.3. The topological polar surface area (TPSA) is 43.1 Å². The largest absolute Gasteiger partial charge is 0.285 e. The molecule has 130 valence electrons. The highest BCUT2D eigenvalue weighted by Crippen LogP contribution is 2.32. The van der Waals surface area contributed by atoms with Gasteiger partial charge in [-0.2, -0.15) is 0 Å². The van der Waals surface area contributed by atoms with Crippen molar-refractivity contribution in [1.82, 2.24) is 0 Å². The number of benzene rings is 3. The molecule has 3 aromatic rings. The first kappa shape index (κ1) is 18.7. The number of nitro groups is 1. The second-order valence-electron chi connectivity index (χ2n) is 5.28. The lowest BCUT2D eigenvalue weighted by Gasteiger charge is -2.00. The van der Waals surface area contributed by atoms with Gasteiger partial charge in [-0.05, 0) is 70.4 Å². The molecule has 0 aromatic heterocycles. The first-order chi connectivity index (χ1) is 13.2. The molecule has 0 bridgehead atoms. The van der Waals surface area contributed by atoms with Crippen LogP contribution in [0.5, 0.6) is 0 Å². The van der Waals surface area contributed by atoms with Crippen molar-refractivity contribution in [3.63, 3.8) is 0 Å². The van der Waals surface area contributed by atoms with Gasteiger partial charge >= 0.3 is 0 Å². The highest BCUT2D eigenvalue weighted by Gasteiger charge is 2.14. The van der Waals surface area contributed by atoms with Crippen molar-refractivity contribution in [1.29, 1.82) is 0 Å². The van der Waals surface area contributed by atoms with E-state index >= 15 is 0 Å². The normalized spacial score (nSPS) is 9.48. The standard InChI is InChI=1S/C22H13NO2S2/c24-23(25)21-17-20(26-15-13-18-7-3-1-4-8-18)11-12-22(21)27-16-14-19-9-5-2-6-10-19/h1-12,17H. The van der Waals surface area contributed by atoms with E-state index in [1.165, 1.54) is 17.8 Å². The van der Waals surface area contributed by atoms with E-state index in [0.717, 1.165) is 27.8 Å². The van der Waals surface area contributed by atoms with Gasteiger partial charge in [-0.3, -0.25) is 10.1 Å². The Labute approximate surface area is 166 Å². The fourth-order valence-corrected chi connectivity index (χ4v) is 3.36. The molecule has 0 spiro atoms. The number of hydrogen-bond acceptors (Lipinski definition) is 4. The fraction of sp³-hybridized carbons (Fsp3) is 0. The molecule has 0 saturated heterocycles. The molecule has 5 heteroatoms. The van der Waals surface area contributed by atoms with E-state index in [0.29, 0.717) is 4.90 Å². The van der Waals surface area contributed by atoms with Crippen LogP contribution < -0.4 is 0 Å². The highest BCUT2D eigenvalue weighted by molar-refractivity contribution is 8.04. The van der Waals surface area contributed by atoms with E-state index in [9.17, 15) is 10.1 Å². The Morgan fingerprint density at radius 1 is 0.741 bits per heavy atom. The minimum absolute atomic E-state index is 0.0360. The number of thioether (sulfide) groups is 2. The smallest absolute Gasteiger partial charge is 0.258 e. The zero-order chi connectivity index (χ0) is 18.9. The fourth-order valence-electron chi connectivity index (χ4n) is 2.12. The predicted octanol–water partition coefficient (Wildman–Crippen LogP) is 5.80. The van der Waals surface area contributed by atoms with Crippen molar-refractivity contribution in [3.8, 4) is 22.3 Å². The molecule has 0 aliphatic heterocycles. The zero-order valence-electron chi connectivity index (χ0n) is 14.1. The average molecular weight is 387 g/mol. The molecule has 3 rings (SSSR count). The summed E-state index contributed by atoms with van der Waals surface area (Å²) in [5.74, 6) is 6.01. The lowest BCUT2D eigenvalue weighted by atomic mass is 10.2. The molecule has 0 heterocycles. The van der Waals surface area contributed by atoms with Gasteiger partial charge in [0.05, 0.1) is 9.82 Å².